The van der Waals surface area contributed by atoms with Crippen LogP contribution in [0.1, 0.15) is 12.8 Å². The fourth-order valence-electron chi connectivity index (χ4n) is 3.01. The number of rotatable bonds is 5. The third-order valence-corrected chi connectivity index (χ3v) is 5.82. The van der Waals surface area contributed by atoms with Gasteiger partial charge in [-0.3, -0.25) is 0 Å². The number of carbonyl (C=O) groups is 1. The van der Waals surface area contributed by atoms with Gasteiger partial charge in [-0.15, -0.1) is 0 Å². The molecule has 2 rings (SSSR count). The van der Waals surface area contributed by atoms with E-state index < -0.39 is 10.0 Å². The molecule has 0 aromatic rings. The number of piperidine rings is 1. The zero-order valence-electron chi connectivity index (χ0n) is 14.0. The van der Waals surface area contributed by atoms with E-state index in [2.05, 4.69) is 10.2 Å². The predicted octanol–water partition coefficient (Wildman–Crippen LogP) is -0.616. The van der Waals surface area contributed by atoms with E-state index in [4.69, 9.17) is 4.74 Å². The molecule has 2 aliphatic rings. The molecular weight excluding hydrogens is 320 g/mol. The predicted molar refractivity (Wildman–Crippen MR) is 87.9 cm³/mol. The minimum atomic E-state index is -3.16. The largest absolute Gasteiger partial charge is 0.383 e. The van der Waals surface area contributed by atoms with Crippen LogP contribution in [0.2, 0.25) is 0 Å². The second-order valence-electron chi connectivity index (χ2n) is 6.21. The Morgan fingerprint density at radius 3 is 2.26 bits per heavy atom. The summed E-state index contributed by atoms with van der Waals surface area (Å²) < 4.78 is 29.5. The molecule has 23 heavy (non-hydrogen) atoms. The highest BCUT2D eigenvalue weighted by Gasteiger charge is 2.28. The Balaban J connectivity index is 1.70. The first-order valence-electron chi connectivity index (χ1n) is 8.12. The quantitative estimate of drug-likeness (QED) is 0.716. The van der Waals surface area contributed by atoms with Gasteiger partial charge >= 0.3 is 6.03 Å². The van der Waals surface area contributed by atoms with E-state index in [0.29, 0.717) is 26.2 Å². The summed E-state index contributed by atoms with van der Waals surface area (Å²) in [5.41, 5.74) is 0. The minimum Gasteiger partial charge on any atom is -0.383 e. The maximum Gasteiger partial charge on any atom is 0.317 e. The zero-order chi connectivity index (χ0) is 16.9. The van der Waals surface area contributed by atoms with Gasteiger partial charge in [0.1, 0.15) is 0 Å². The Morgan fingerprint density at radius 1 is 1.13 bits per heavy atom. The first kappa shape index (κ1) is 18.4. The maximum absolute atomic E-state index is 12.3. The van der Waals surface area contributed by atoms with Crippen molar-refractivity contribution < 1.29 is 17.9 Å². The van der Waals surface area contributed by atoms with E-state index >= 15 is 0 Å². The summed E-state index contributed by atoms with van der Waals surface area (Å²) in [6.07, 6.45) is 3.09. The molecule has 0 atom stereocenters. The van der Waals surface area contributed by atoms with E-state index in [1.807, 2.05) is 0 Å². The molecule has 2 heterocycles. The van der Waals surface area contributed by atoms with Gasteiger partial charge < -0.3 is 19.9 Å². The van der Waals surface area contributed by atoms with Crippen LogP contribution in [-0.4, -0.2) is 100 Å². The molecule has 8 nitrogen and oxygen atoms in total. The lowest BCUT2D eigenvalue weighted by Gasteiger charge is -2.36. The van der Waals surface area contributed by atoms with Crippen LogP contribution in [0, 0.1) is 0 Å². The lowest BCUT2D eigenvalue weighted by atomic mass is 10.1. The number of piperazine rings is 1. The van der Waals surface area contributed by atoms with Crippen molar-refractivity contribution in [3.63, 3.8) is 0 Å². The Labute approximate surface area is 138 Å². The molecule has 0 spiro atoms. The molecule has 2 amide bonds. The highest BCUT2D eigenvalue weighted by molar-refractivity contribution is 7.88. The van der Waals surface area contributed by atoms with Crippen LogP contribution >= 0.6 is 0 Å². The molecule has 0 unspecified atom stereocenters. The van der Waals surface area contributed by atoms with Crippen LogP contribution in [0.5, 0.6) is 0 Å². The monoisotopic (exact) mass is 348 g/mol. The molecule has 134 valence electrons. The SMILES string of the molecule is COCCN1CCC(NC(=O)N2CCN(S(C)(=O)=O)CC2)CC1. The second-order valence-corrected chi connectivity index (χ2v) is 8.19. The third-order valence-electron chi connectivity index (χ3n) is 4.52. The van der Waals surface area contributed by atoms with Crippen molar-refractivity contribution in [3.05, 3.63) is 0 Å². The summed E-state index contributed by atoms with van der Waals surface area (Å²) >= 11 is 0. The third kappa shape index (κ3) is 5.59. The standard InChI is InChI=1S/C14H28N4O4S/c1-22-12-11-16-5-3-13(4-6-16)15-14(19)17-7-9-18(10-8-17)23(2,20)21/h13H,3-12H2,1-2H3,(H,15,19). The van der Waals surface area contributed by atoms with Crippen molar-refractivity contribution in [1.29, 1.82) is 0 Å². The van der Waals surface area contributed by atoms with Crippen LogP contribution in [0.25, 0.3) is 0 Å². The molecule has 0 bridgehead atoms. The highest BCUT2D eigenvalue weighted by atomic mass is 32.2. The molecule has 9 heteroatoms. The summed E-state index contributed by atoms with van der Waals surface area (Å²) in [4.78, 5) is 16.3. The number of hydrogen-bond donors (Lipinski definition) is 1. The van der Waals surface area contributed by atoms with Gasteiger partial charge in [0.2, 0.25) is 10.0 Å². The number of nitrogens with one attached hydrogen (secondary N) is 1. The molecule has 0 aromatic heterocycles. The molecule has 2 aliphatic heterocycles. The molecule has 0 radical (unpaired) electrons. The smallest absolute Gasteiger partial charge is 0.317 e. The Bertz CT molecular complexity index is 483. The molecule has 0 saturated carbocycles. The number of nitrogens with zero attached hydrogens (tertiary/aromatic N) is 3. The van der Waals surface area contributed by atoms with Crippen LogP contribution < -0.4 is 5.32 Å². The lowest BCUT2D eigenvalue weighted by Crippen LogP contribution is -2.55. The maximum atomic E-state index is 12.3. The van der Waals surface area contributed by atoms with Crippen molar-refractivity contribution in [2.24, 2.45) is 0 Å². The van der Waals surface area contributed by atoms with E-state index in [1.54, 1.807) is 12.0 Å². The number of likely N-dealkylation sites (tertiary alicyclic amines) is 1. The minimum absolute atomic E-state index is 0.0755. The van der Waals surface area contributed by atoms with Gasteiger partial charge in [-0.1, -0.05) is 0 Å². The van der Waals surface area contributed by atoms with Crippen molar-refractivity contribution in [3.8, 4) is 0 Å². The molecule has 2 saturated heterocycles. The summed E-state index contributed by atoms with van der Waals surface area (Å²) in [7, 11) is -1.45. The normalized spacial score (nSPS) is 22.3. The van der Waals surface area contributed by atoms with Crippen molar-refractivity contribution in [2.45, 2.75) is 18.9 Å². The number of ether oxygens (including phenoxy) is 1. The van der Waals surface area contributed by atoms with Gasteiger partial charge in [-0.25, -0.2) is 13.2 Å². The second kappa shape index (κ2) is 8.27. The fourth-order valence-corrected chi connectivity index (χ4v) is 3.84. The number of urea groups is 1. The molecule has 2 fully saturated rings. The van der Waals surface area contributed by atoms with Crippen molar-refractivity contribution in [2.75, 3.05) is 65.8 Å². The average molecular weight is 348 g/mol. The summed E-state index contributed by atoms with van der Waals surface area (Å²) in [5, 5.41) is 3.08. The molecular formula is C14H28N4O4S. The topological polar surface area (TPSA) is 82.2 Å². The van der Waals surface area contributed by atoms with Crippen LogP contribution in [-0.2, 0) is 14.8 Å². The van der Waals surface area contributed by atoms with Crippen LogP contribution in [0.15, 0.2) is 0 Å². The summed E-state index contributed by atoms with van der Waals surface area (Å²) in [6.45, 7) is 5.26. The number of hydrogen-bond acceptors (Lipinski definition) is 5. The number of sulfonamides is 1. The summed E-state index contributed by atoms with van der Waals surface area (Å²) in [6, 6.07) is 0.128. The van der Waals surface area contributed by atoms with Gasteiger partial charge in [-0.2, -0.15) is 4.31 Å². The lowest BCUT2D eigenvalue weighted by molar-refractivity contribution is 0.123. The van der Waals surface area contributed by atoms with Gasteiger partial charge in [0.15, 0.2) is 0 Å². The van der Waals surface area contributed by atoms with Crippen LogP contribution in [0.4, 0.5) is 4.79 Å². The number of methoxy groups -OCH3 is 1. The Hall–Kier alpha value is -0.900. The molecule has 0 aliphatic carbocycles. The van der Waals surface area contributed by atoms with Gasteiger partial charge in [-0.05, 0) is 12.8 Å². The first-order valence-corrected chi connectivity index (χ1v) is 9.97. The van der Waals surface area contributed by atoms with Crippen molar-refractivity contribution >= 4 is 16.1 Å². The van der Waals surface area contributed by atoms with Crippen molar-refractivity contribution in [1.82, 2.24) is 19.4 Å². The number of carbonyl (C=O) groups excluding carboxylic acids is 1. The Morgan fingerprint density at radius 2 is 1.74 bits per heavy atom. The fraction of sp³-hybridized carbons (Fsp3) is 0.929. The summed E-state index contributed by atoms with van der Waals surface area (Å²) in [5.74, 6) is 0. The van der Waals surface area contributed by atoms with E-state index in [9.17, 15) is 13.2 Å². The Kier molecular flexibility index (Phi) is 6.63. The van der Waals surface area contributed by atoms with Crippen LogP contribution in [0.3, 0.4) is 0 Å². The molecule has 1 N–H and O–H groups in total. The van der Waals surface area contributed by atoms with Gasteiger partial charge in [0, 0.05) is 59.0 Å². The number of amides is 2. The molecule has 0 aromatic carbocycles. The van der Waals surface area contributed by atoms with Gasteiger partial charge in [0.05, 0.1) is 12.9 Å². The zero-order valence-corrected chi connectivity index (χ0v) is 14.8. The highest BCUT2D eigenvalue weighted by Crippen LogP contribution is 2.11. The van der Waals surface area contributed by atoms with E-state index in [-0.39, 0.29) is 12.1 Å². The van der Waals surface area contributed by atoms with Gasteiger partial charge in [0.25, 0.3) is 0 Å². The average Bonchev–Trinajstić information content (AvgIpc) is 2.53. The van der Waals surface area contributed by atoms with E-state index in [1.165, 1.54) is 10.6 Å². The first-order chi connectivity index (χ1) is 10.9. The van der Waals surface area contributed by atoms with E-state index in [0.717, 1.165) is 39.1 Å².